The molecule has 0 spiro atoms. The highest BCUT2D eigenvalue weighted by molar-refractivity contribution is 5.74. The van der Waals surface area contributed by atoms with Crippen LogP contribution in [0.3, 0.4) is 0 Å². The van der Waals surface area contributed by atoms with Gasteiger partial charge in [-0.05, 0) is 6.08 Å². The second kappa shape index (κ2) is 7.58. The van der Waals surface area contributed by atoms with E-state index in [-0.39, 0.29) is 5.91 Å². The maximum absolute atomic E-state index is 11.3. The molecule has 0 aromatic rings. The Bertz CT molecular complexity index is 455. The number of rotatable bonds is 4. The van der Waals surface area contributed by atoms with Crippen LogP contribution >= 0.6 is 0 Å². The molecule has 0 saturated heterocycles. The summed E-state index contributed by atoms with van der Waals surface area (Å²) in [5.74, 6) is -2.17. The van der Waals surface area contributed by atoms with Gasteiger partial charge in [0.1, 0.15) is 0 Å². The third-order valence-electron chi connectivity index (χ3n) is 2.79. The first kappa shape index (κ1) is 17.7. The molecule has 0 aromatic heterocycles. The van der Waals surface area contributed by atoms with Crippen LogP contribution in [0.1, 0.15) is 27.7 Å². The average Bonchev–Trinajstić information content (AvgIpc) is 2.34. The lowest BCUT2D eigenvalue weighted by Gasteiger charge is -2.37. The molecule has 22 heavy (non-hydrogen) atoms. The normalized spacial score (nSPS) is 26.7. The molecule has 1 amide bonds. The van der Waals surface area contributed by atoms with Crippen LogP contribution in [0.25, 0.3) is 0 Å². The van der Waals surface area contributed by atoms with Gasteiger partial charge in [0.25, 0.3) is 0 Å². The van der Waals surface area contributed by atoms with Crippen molar-refractivity contribution in [2.45, 2.75) is 52.0 Å². The van der Waals surface area contributed by atoms with Crippen LogP contribution in [0.5, 0.6) is 0 Å². The van der Waals surface area contributed by atoms with E-state index in [1.807, 2.05) is 0 Å². The fourth-order valence-corrected chi connectivity index (χ4v) is 2.16. The van der Waals surface area contributed by atoms with Crippen molar-refractivity contribution in [2.75, 3.05) is 0 Å². The minimum Gasteiger partial charge on any atom is -0.456 e. The van der Waals surface area contributed by atoms with Gasteiger partial charge in [-0.25, -0.2) is 0 Å². The summed E-state index contributed by atoms with van der Waals surface area (Å²) >= 11 is 0. The number of hydrogen-bond acceptors (Lipinski definition) is 7. The van der Waals surface area contributed by atoms with Crippen molar-refractivity contribution in [3.8, 4) is 0 Å². The summed E-state index contributed by atoms with van der Waals surface area (Å²) in [7, 11) is 0. The van der Waals surface area contributed by atoms with Gasteiger partial charge in [-0.1, -0.05) is 6.08 Å². The molecule has 1 rings (SSSR count). The number of hydrogen-bond donors (Lipinski definition) is 1. The lowest BCUT2D eigenvalue weighted by atomic mass is 9.93. The third kappa shape index (κ3) is 5.19. The first-order valence-corrected chi connectivity index (χ1v) is 6.67. The molecule has 0 saturated carbocycles. The van der Waals surface area contributed by atoms with E-state index in [0.29, 0.717) is 0 Å². The fraction of sp³-hybridized carbons (Fsp3) is 0.571. The summed E-state index contributed by atoms with van der Waals surface area (Å²) in [6.07, 6.45) is 0.0562. The van der Waals surface area contributed by atoms with Gasteiger partial charge in [0.2, 0.25) is 5.91 Å². The number of nitrogens with one attached hydrogen (secondary N) is 1. The standard InChI is InChI=1S/C14H19NO7/c1-7(16)15-11-5-6-12(20-8(2)17)14(22-10(4)19)13(11)21-9(3)18/h5-6,11-14H,1-4H3,(H,15,16)/t11-,12+,13-,14-/m0/s1. The molecule has 4 atom stereocenters. The molecule has 0 fully saturated rings. The largest absolute Gasteiger partial charge is 0.456 e. The van der Waals surface area contributed by atoms with E-state index in [0.717, 1.165) is 0 Å². The van der Waals surface area contributed by atoms with Crippen molar-refractivity contribution in [1.29, 1.82) is 0 Å². The van der Waals surface area contributed by atoms with Gasteiger partial charge in [0.15, 0.2) is 18.3 Å². The van der Waals surface area contributed by atoms with Crippen LogP contribution in [0.2, 0.25) is 0 Å². The van der Waals surface area contributed by atoms with E-state index in [2.05, 4.69) is 5.32 Å². The van der Waals surface area contributed by atoms with Crippen LogP contribution in [-0.4, -0.2) is 48.2 Å². The van der Waals surface area contributed by atoms with Gasteiger partial charge < -0.3 is 19.5 Å². The molecule has 1 aliphatic carbocycles. The number of esters is 3. The van der Waals surface area contributed by atoms with Gasteiger partial charge >= 0.3 is 17.9 Å². The van der Waals surface area contributed by atoms with E-state index in [1.54, 1.807) is 0 Å². The number of amides is 1. The smallest absolute Gasteiger partial charge is 0.303 e. The summed E-state index contributed by atoms with van der Waals surface area (Å²) < 4.78 is 15.4. The lowest BCUT2D eigenvalue weighted by Crippen LogP contribution is -2.56. The molecule has 1 aliphatic rings. The van der Waals surface area contributed by atoms with E-state index in [9.17, 15) is 19.2 Å². The fourth-order valence-electron chi connectivity index (χ4n) is 2.16. The molecule has 0 aliphatic heterocycles. The van der Waals surface area contributed by atoms with Gasteiger partial charge in [0, 0.05) is 27.7 Å². The number of carbonyl (C=O) groups is 4. The summed E-state index contributed by atoms with van der Waals surface area (Å²) in [4.78, 5) is 45.0. The zero-order valence-corrected chi connectivity index (χ0v) is 12.8. The Morgan fingerprint density at radius 2 is 1.27 bits per heavy atom. The predicted molar refractivity (Wildman–Crippen MR) is 73.4 cm³/mol. The SMILES string of the molecule is CC(=O)N[C@H]1C=C[C@@H](OC(C)=O)[C@H](OC(C)=O)[C@H]1OC(C)=O. The van der Waals surface area contributed by atoms with Crippen LogP contribution in [-0.2, 0) is 33.4 Å². The molecule has 0 radical (unpaired) electrons. The highest BCUT2D eigenvalue weighted by atomic mass is 16.6. The molecule has 0 unspecified atom stereocenters. The summed E-state index contributed by atoms with van der Waals surface area (Å²) in [5, 5.41) is 2.58. The second-order valence-corrected chi connectivity index (χ2v) is 4.83. The topological polar surface area (TPSA) is 108 Å². The van der Waals surface area contributed by atoms with E-state index in [4.69, 9.17) is 14.2 Å². The van der Waals surface area contributed by atoms with Crippen LogP contribution < -0.4 is 5.32 Å². The van der Waals surface area contributed by atoms with Crippen molar-refractivity contribution in [3.63, 3.8) is 0 Å². The Kier molecular flexibility index (Phi) is 6.09. The molecule has 0 heterocycles. The van der Waals surface area contributed by atoms with Crippen molar-refractivity contribution in [3.05, 3.63) is 12.2 Å². The molecule has 0 bridgehead atoms. The van der Waals surface area contributed by atoms with Gasteiger partial charge in [-0.15, -0.1) is 0 Å². The zero-order valence-electron chi connectivity index (χ0n) is 12.8. The van der Waals surface area contributed by atoms with Crippen molar-refractivity contribution in [1.82, 2.24) is 5.32 Å². The van der Waals surface area contributed by atoms with Gasteiger partial charge in [-0.2, -0.15) is 0 Å². The average molecular weight is 313 g/mol. The maximum Gasteiger partial charge on any atom is 0.303 e. The Morgan fingerprint density at radius 1 is 0.773 bits per heavy atom. The highest BCUT2D eigenvalue weighted by Gasteiger charge is 2.43. The minimum absolute atomic E-state index is 0.348. The van der Waals surface area contributed by atoms with E-state index in [1.165, 1.54) is 39.8 Å². The van der Waals surface area contributed by atoms with Crippen LogP contribution in [0, 0.1) is 0 Å². The molecule has 1 N–H and O–H groups in total. The van der Waals surface area contributed by atoms with Gasteiger partial charge in [-0.3, -0.25) is 19.2 Å². The van der Waals surface area contributed by atoms with Crippen molar-refractivity contribution in [2.24, 2.45) is 0 Å². The summed E-state index contributed by atoms with van der Waals surface area (Å²) in [6.45, 7) is 4.88. The van der Waals surface area contributed by atoms with Gasteiger partial charge in [0.05, 0.1) is 6.04 Å². The van der Waals surface area contributed by atoms with Crippen molar-refractivity contribution >= 4 is 23.8 Å². The Labute approximate surface area is 127 Å². The third-order valence-corrected chi connectivity index (χ3v) is 2.79. The Morgan fingerprint density at radius 3 is 1.73 bits per heavy atom. The van der Waals surface area contributed by atoms with Crippen molar-refractivity contribution < 1.29 is 33.4 Å². The minimum atomic E-state index is -1.05. The molecular weight excluding hydrogens is 294 g/mol. The second-order valence-electron chi connectivity index (χ2n) is 4.83. The maximum atomic E-state index is 11.3. The molecule has 0 aromatic carbocycles. The van der Waals surface area contributed by atoms with Crippen LogP contribution in [0.4, 0.5) is 0 Å². The highest BCUT2D eigenvalue weighted by Crippen LogP contribution is 2.23. The zero-order chi connectivity index (χ0) is 16.9. The molecule has 8 nitrogen and oxygen atoms in total. The Hall–Kier alpha value is -2.38. The predicted octanol–water partition coefficient (Wildman–Crippen LogP) is -0.144. The summed E-state index contributed by atoms with van der Waals surface area (Å²) in [6, 6.07) is -0.697. The Balaban J connectivity index is 3.11. The first-order valence-electron chi connectivity index (χ1n) is 6.67. The van der Waals surface area contributed by atoms with E-state index >= 15 is 0 Å². The van der Waals surface area contributed by atoms with Crippen LogP contribution in [0.15, 0.2) is 12.2 Å². The van der Waals surface area contributed by atoms with E-state index < -0.39 is 42.3 Å². The number of ether oxygens (including phenoxy) is 3. The number of carbonyl (C=O) groups excluding carboxylic acids is 4. The monoisotopic (exact) mass is 313 g/mol. The molecule has 122 valence electrons. The molecule has 8 heteroatoms. The summed E-state index contributed by atoms with van der Waals surface area (Å²) in [5.41, 5.74) is 0. The lowest BCUT2D eigenvalue weighted by molar-refractivity contribution is -0.182. The quantitative estimate of drug-likeness (QED) is 0.437. The molecular formula is C14H19NO7. The first-order chi connectivity index (χ1) is 10.2.